The van der Waals surface area contributed by atoms with Gasteiger partial charge in [0, 0.05) is 15.4 Å². The van der Waals surface area contributed by atoms with E-state index in [4.69, 9.17) is 0 Å². The lowest BCUT2D eigenvalue weighted by Gasteiger charge is -2.04. The summed E-state index contributed by atoms with van der Waals surface area (Å²) in [6.45, 7) is 0. The van der Waals surface area contributed by atoms with Gasteiger partial charge in [0.2, 0.25) is 11.1 Å². The quantitative estimate of drug-likeness (QED) is 0.421. The number of halogens is 1. The van der Waals surface area contributed by atoms with E-state index in [2.05, 4.69) is 41.8 Å². The van der Waals surface area contributed by atoms with Gasteiger partial charge in [-0.1, -0.05) is 58.0 Å². The molecule has 0 aliphatic heterocycles. The monoisotopic (exact) mass is 472 g/mol. The van der Waals surface area contributed by atoms with Crippen LogP contribution in [0, 0.1) is 0 Å². The molecule has 4 aromatic rings. The largest absolute Gasteiger partial charge is 0.301 e. The molecular weight excluding hydrogens is 460 g/mol. The molecule has 2 aromatic carbocycles. The van der Waals surface area contributed by atoms with Crippen molar-refractivity contribution in [3.63, 3.8) is 0 Å². The molecule has 0 aliphatic carbocycles. The van der Waals surface area contributed by atoms with Crippen molar-refractivity contribution in [2.45, 2.75) is 5.16 Å². The molecule has 10 heteroatoms. The van der Waals surface area contributed by atoms with Crippen LogP contribution in [0.5, 0.6) is 0 Å². The second kappa shape index (κ2) is 8.63. The summed E-state index contributed by atoms with van der Waals surface area (Å²) < 4.78 is 2.57. The van der Waals surface area contributed by atoms with E-state index in [0.717, 1.165) is 21.4 Å². The minimum absolute atomic E-state index is 0.163. The Morgan fingerprint density at radius 1 is 1.14 bits per heavy atom. The Labute approximate surface area is 177 Å². The molecule has 0 radical (unpaired) electrons. The first-order chi connectivity index (χ1) is 13.7. The van der Waals surface area contributed by atoms with Gasteiger partial charge in [-0.05, 0) is 34.7 Å². The van der Waals surface area contributed by atoms with Gasteiger partial charge in [0.1, 0.15) is 0 Å². The van der Waals surface area contributed by atoms with E-state index in [1.54, 1.807) is 4.68 Å². The summed E-state index contributed by atoms with van der Waals surface area (Å²) in [4.78, 5) is 16.8. The number of carbonyl (C=O) groups excluding carboxylic acids is 1. The van der Waals surface area contributed by atoms with Gasteiger partial charge in [-0.2, -0.15) is 4.68 Å². The molecule has 0 saturated heterocycles. The lowest BCUT2D eigenvalue weighted by Crippen LogP contribution is -2.14. The number of amides is 1. The van der Waals surface area contributed by atoms with E-state index < -0.39 is 0 Å². The van der Waals surface area contributed by atoms with E-state index in [9.17, 15) is 4.79 Å². The summed E-state index contributed by atoms with van der Waals surface area (Å²) in [6, 6.07) is 17.4. The summed E-state index contributed by atoms with van der Waals surface area (Å²) in [5, 5.41) is 17.6. The molecule has 0 spiro atoms. The van der Waals surface area contributed by atoms with E-state index in [1.807, 2.05) is 60.0 Å². The summed E-state index contributed by atoms with van der Waals surface area (Å²) in [7, 11) is 0. The van der Waals surface area contributed by atoms with Crippen molar-refractivity contribution < 1.29 is 4.79 Å². The molecule has 0 aliphatic rings. The topological polar surface area (TPSA) is 85.6 Å². The van der Waals surface area contributed by atoms with Crippen LogP contribution in [0.15, 0.2) is 69.6 Å². The van der Waals surface area contributed by atoms with Gasteiger partial charge in [-0.15, -0.1) is 16.4 Å². The minimum Gasteiger partial charge on any atom is -0.301 e. The molecule has 0 saturated carbocycles. The number of nitrogens with one attached hydrogen (secondary N) is 1. The van der Waals surface area contributed by atoms with Gasteiger partial charge in [-0.3, -0.25) is 4.79 Å². The summed E-state index contributed by atoms with van der Waals surface area (Å²) in [5.74, 6) is 0.0151. The zero-order chi connectivity index (χ0) is 19.3. The van der Waals surface area contributed by atoms with Crippen molar-refractivity contribution in [3.05, 3.63) is 64.5 Å². The normalized spacial score (nSPS) is 10.8. The number of thioether (sulfide) groups is 1. The zero-order valence-corrected chi connectivity index (χ0v) is 17.5. The fourth-order valence-corrected chi connectivity index (χ4v) is 4.06. The molecule has 2 heterocycles. The number of thiazole rings is 1. The van der Waals surface area contributed by atoms with E-state index in [1.165, 1.54) is 23.1 Å². The fourth-order valence-electron chi connectivity index (χ4n) is 2.37. The first kappa shape index (κ1) is 18.8. The SMILES string of the molecule is O=C(CSc1nnnn1-c1ccc(Br)cc1)Nc1nc(-c2ccccc2)cs1. The molecule has 4 rings (SSSR count). The Kier molecular flexibility index (Phi) is 5.79. The highest BCUT2D eigenvalue weighted by Crippen LogP contribution is 2.25. The number of tetrazole rings is 1. The molecule has 140 valence electrons. The second-order valence-electron chi connectivity index (χ2n) is 5.59. The van der Waals surface area contributed by atoms with Gasteiger partial charge in [0.15, 0.2) is 5.13 Å². The standard InChI is InChI=1S/C18H13BrN6OS2/c19-13-6-8-14(9-7-13)25-18(22-23-24-25)28-11-16(26)21-17-20-15(10-27-17)12-4-2-1-3-5-12/h1-10H,11H2,(H,20,21,26). The number of anilines is 1. The number of hydrogen-bond donors (Lipinski definition) is 1. The second-order valence-corrected chi connectivity index (χ2v) is 8.31. The van der Waals surface area contributed by atoms with Crippen molar-refractivity contribution in [1.29, 1.82) is 0 Å². The predicted octanol–water partition coefficient (Wildman–Crippen LogP) is 4.28. The van der Waals surface area contributed by atoms with Crippen LogP contribution in [0.25, 0.3) is 16.9 Å². The lowest BCUT2D eigenvalue weighted by atomic mass is 10.2. The molecule has 28 heavy (non-hydrogen) atoms. The Hall–Kier alpha value is -2.56. The van der Waals surface area contributed by atoms with Crippen molar-refractivity contribution in [2.75, 3.05) is 11.1 Å². The molecule has 0 fully saturated rings. The smallest absolute Gasteiger partial charge is 0.236 e. The number of benzene rings is 2. The van der Waals surface area contributed by atoms with Gasteiger partial charge < -0.3 is 5.32 Å². The highest BCUT2D eigenvalue weighted by Gasteiger charge is 2.13. The third-order valence-electron chi connectivity index (χ3n) is 3.66. The van der Waals surface area contributed by atoms with Crippen molar-refractivity contribution >= 4 is 50.1 Å². The first-order valence-corrected chi connectivity index (χ1v) is 10.8. The summed E-state index contributed by atoms with van der Waals surface area (Å²) >= 11 is 6.06. The van der Waals surface area contributed by atoms with Crippen molar-refractivity contribution in [3.8, 4) is 16.9 Å². The van der Waals surface area contributed by atoms with Gasteiger partial charge in [0.25, 0.3) is 0 Å². The molecule has 0 unspecified atom stereocenters. The number of carbonyl (C=O) groups is 1. The van der Waals surface area contributed by atoms with Crippen LogP contribution < -0.4 is 5.32 Å². The maximum atomic E-state index is 12.3. The summed E-state index contributed by atoms with van der Waals surface area (Å²) in [6.07, 6.45) is 0. The average molecular weight is 473 g/mol. The highest BCUT2D eigenvalue weighted by molar-refractivity contribution is 9.10. The third kappa shape index (κ3) is 4.46. The average Bonchev–Trinajstić information content (AvgIpc) is 3.37. The minimum atomic E-state index is -0.163. The van der Waals surface area contributed by atoms with Crippen molar-refractivity contribution in [1.82, 2.24) is 25.2 Å². The van der Waals surface area contributed by atoms with Gasteiger partial charge in [0.05, 0.1) is 17.1 Å². The third-order valence-corrected chi connectivity index (χ3v) is 5.87. The van der Waals surface area contributed by atoms with Gasteiger partial charge >= 0.3 is 0 Å². The van der Waals surface area contributed by atoms with E-state index in [0.29, 0.717) is 10.3 Å². The Morgan fingerprint density at radius 2 is 1.93 bits per heavy atom. The number of nitrogens with zero attached hydrogens (tertiary/aromatic N) is 5. The Balaban J connectivity index is 1.38. The van der Waals surface area contributed by atoms with Crippen LogP contribution in [0.1, 0.15) is 0 Å². The van der Waals surface area contributed by atoms with E-state index >= 15 is 0 Å². The van der Waals surface area contributed by atoms with Crippen LogP contribution in [0.2, 0.25) is 0 Å². The number of rotatable bonds is 6. The van der Waals surface area contributed by atoms with E-state index in [-0.39, 0.29) is 11.7 Å². The van der Waals surface area contributed by atoms with Crippen LogP contribution in [0.3, 0.4) is 0 Å². The van der Waals surface area contributed by atoms with Crippen LogP contribution in [-0.4, -0.2) is 36.9 Å². The number of aromatic nitrogens is 5. The van der Waals surface area contributed by atoms with Crippen LogP contribution in [-0.2, 0) is 4.79 Å². The zero-order valence-electron chi connectivity index (χ0n) is 14.3. The molecule has 1 N–H and O–H groups in total. The maximum absolute atomic E-state index is 12.3. The lowest BCUT2D eigenvalue weighted by molar-refractivity contribution is -0.113. The predicted molar refractivity (Wildman–Crippen MR) is 114 cm³/mol. The molecule has 1 amide bonds. The van der Waals surface area contributed by atoms with Crippen molar-refractivity contribution in [2.24, 2.45) is 0 Å². The highest BCUT2D eigenvalue weighted by atomic mass is 79.9. The first-order valence-electron chi connectivity index (χ1n) is 8.17. The molecule has 7 nitrogen and oxygen atoms in total. The molecule has 2 aromatic heterocycles. The van der Waals surface area contributed by atoms with Gasteiger partial charge in [-0.25, -0.2) is 4.98 Å². The molecule has 0 atom stereocenters. The van der Waals surface area contributed by atoms with Crippen LogP contribution in [0.4, 0.5) is 5.13 Å². The fraction of sp³-hybridized carbons (Fsp3) is 0.0556. The maximum Gasteiger partial charge on any atom is 0.236 e. The Morgan fingerprint density at radius 3 is 2.71 bits per heavy atom. The molecule has 0 bridgehead atoms. The molecular formula is C18H13BrN6OS2. The van der Waals surface area contributed by atoms with Crippen LogP contribution >= 0.6 is 39.0 Å². The Bertz CT molecular complexity index is 1080. The summed E-state index contributed by atoms with van der Waals surface area (Å²) in [5.41, 5.74) is 2.68. The number of hydrogen-bond acceptors (Lipinski definition) is 7.